The summed E-state index contributed by atoms with van der Waals surface area (Å²) >= 11 is 0. The van der Waals surface area contributed by atoms with E-state index >= 15 is 0 Å². The zero-order chi connectivity index (χ0) is 55.0. The molecule has 0 fully saturated rings. The number of carbonyl (C=O) groups is 3. The zero-order valence-electron chi connectivity index (χ0n) is 49.5. The van der Waals surface area contributed by atoms with Crippen LogP contribution in [0.2, 0.25) is 0 Å². The highest BCUT2D eigenvalue weighted by Crippen LogP contribution is 2.15. The van der Waals surface area contributed by atoms with Gasteiger partial charge in [-0.3, -0.25) is 14.4 Å². The van der Waals surface area contributed by atoms with Crippen molar-refractivity contribution < 1.29 is 28.6 Å². The number of carbonyl (C=O) groups excluding carboxylic acids is 3. The second-order valence-corrected chi connectivity index (χ2v) is 20.6. The normalized spacial score (nSPS) is 12.9. The van der Waals surface area contributed by atoms with Crippen LogP contribution in [0.25, 0.3) is 0 Å². The highest BCUT2D eigenvalue weighted by molar-refractivity contribution is 5.71. The van der Waals surface area contributed by atoms with Gasteiger partial charge >= 0.3 is 17.9 Å². The summed E-state index contributed by atoms with van der Waals surface area (Å²) in [5.74, 6) is -0.905. The Bertz CT molecular complexity index is 1590. The fourth-order valence-electron chi connectivity index (χ4n) is 8.49. The highest BCUT2D eigenvalue weighted by Gasteiger charge is 2.19. The number of rotatable bonds is 56. The molecular weight excluding hydrogens is 937 g/mol. The van der Waals surface area contributed by atoms with Crippen molar-refractivity contribution >= 4 is 17.9 Å². The van der Waals surface area contributed by atoms with Crippen molar-refractivity contribution in [2.45, 2.75) is 290 Å². The van der Waals surface area contributed by atoms with Gasteiger partial charge in [0.1, 0.15) is 13.2 Å². The summed E-state index contributed by atoms with van der Waals surface area (Å²) in [6.07, 6.45) is 87.9. The molecule has 432 valence electrons. The molecule has 1 atom stereocenters. The van der Waals surface area contributed by atoms with Crippen LogP contribution in [0.1, 0.15) is 284 Å². The summed E-state index contributed by atoms with van der Waals surface area (Å²) in [5, 5.41) is 0. The van der Waals surface area contributed by atoms with Crippen LogP contribution in [-0.4, -0.2) is 37.2 Å². The van der Waals surface area contributed by atoms with Crippen molar-refractivity contribution in [2.24, 2.45) is 0 Å². The molecule has 0 aromatic carbocycles. The molecular formula is C70H116O6. The molecule has 6 heteroatoms. The van der Waals surface area contributed by atoms with Gasteiger partial charge in [0.05, 0.1) is 0 Å². The Labute approximate surface area is 469 Å². The Morgan fingerprint density at radius 2 is 0.513 bits per heavy atom. The molecule has 0 rings (SSSR count). The SMILES string of the molecule is CC/C=C\C/C=C\C/C=C\C/C=C\C/C=C\C/C=C\C/C=C\C/C=C\C/C=C\CCCCCCCCCC(=O)OCC(COC(=O)CCCCCCCCCCC)OC(=O)CCCCCCC/C=C\CCCCCCC. The van der Waals surface area contributed by atoms with E-state index in [0.29, 0.717) is 19.3 Å². The minimum atomic E-state index is -0.786. The Morgan fingerprint density at radius 1 is 0.276 bits per heavy atom. The first kappa shape index (κ1) is 71.8. The van der Waals surface area contributed by atoms with E-state index < -0.39 is 6.10 Å². The lowest BCUT2D eigenvalue weighted by atomic mass is 10.1. The Hall–Kier alpha value is -4.19. The maximum Gasteiger partial charge on any atom is 0.306 e. The maximum atomic E-state index is 12.8. The fourth-order valence-corrected chi connectivity index (χ4v) is 8.49. The summed E-state index contributed by atoms with van der Waals surface area (Å²) in [4.78, 5) is 38.1. The van der Waals surface area contributed by atoms with E-state index in [0.717, 1.165) is 135 Å². The van der Waals surface area contributed by atoms with Crippen molar-refractivity contribution in [2.75, 3.05) is 13.2 Å². The standard InChI is InChI=1S/C70H116O6/c1-4-7-10-13-16-19-21-23-25-26-27-28-29-30-31-32-33-34-35-36-37-38-39-40-41-42-43-44-45-47-48-51-54-57-60-63-69(72)75-66-67(65-74-68(71)62-59-56-53-50-18-15-12-9-6-3)76-70(73)64-61-58-55-52-49-46-24-22-20-17-14-11-8-5-2/h7,10,16,19,22-25,27-28,30-31,33-34,36-37,39-40,42-43,67H,4-6,8-9,11-15,17-18,20-21,26,29,32,35,38,41,44-66H2,1-3H3/b10-7-,19-16-,24-22-,25-23-,28-27-,31-30-,34-33-,37-36-,40-39-,43-42-. The Balaban J connectivity index is 4.18. The second kappa shape index (κ2) is 63.3. The molecule has 0 aliphatic heterocycles. The molecule has 0 aliphatic carbocycles. The van der Waals surface area contributed by atoms with Crippen molar-refractivity contribution in [1.29, 1.82) is 0 Å². The predicted molar refractivity (Wildman–Crippen MR) is 330 cm³/mol. The molecule has 0 N–H and O–H groups in total. The zero-order valence-corrected chi connectivity index (χ0v) is 49.5. The number of hydrogen-bond donors (Lipinski definition) is 0. The second-order valence-electron chi connectivity index (χ2n) is 20.6. The fraction of sp³-hybridized carbons (Fsp3) is 0.671. The van der Waals surface area contributed by atoms with Crippen LogP contribution in [0, 0.1) is 0 Å². The quantitative estimate of drug-likeness (QED) is 0.0261. The van der Waals surface area contributed by atoms with Crippen molar-refractivity contribution in [1.82, 2.24) is 0 Å². The van der Waals surface area contributed by atoms with Crippen LogP contribution in [0.4, 0.5) is 0 Å². The molecule has 76 heavy (non-hydrogen) atoms. The van der Waals surface area contributed by atoms with Crippen molar-refractivity contribution in [3.05, 3.63) is 122 Å². The van der Waals surface area contributed by atoms with Gasteiger partial charge in [-0.05, 0) is 116 Å². The number of unbranched alkanes of at least 4 members (excludes halogenated alkanes) is 25. The molecule has 0 spiro atoms. The minimum absolute atomic E-state index is 0.0838. The van der Waals surface area contributed by atoms with Crippen LogP contribution in [-0.2, 0) is 28.6 Å². The summed E-state index contributed by atoms with van der Waals surface area (Å²) < 4.78 is 16.8. The smallest absolute Gasteiger partial charge is 0.306 e. The van der Waals surface area contributed by atoms with E-state index in [1.807, 2.05) is 0 Å². The highest BCUT2D eigenvalue weighted by atomic mass is 16.6. The summed E-state index contributed by atoms with van der Waals surface area (Å²) in [5.41, 5.74) is 0. The number of allylic oxidation sites excluding steroid dienone is 20. The van der Waals surface area contributed by atoms with Gasteiger partial charge in [-0.25, -0.2) is 0 Å². The topological polar surface area (TPSA) is 78.9 Å². The molecule has 0 radical (unpaired) electrons. The third-order valence-corrected chi connectivity index (χ3v) is 13.2. The van der Waals surface area contributed by atoms with Gasteiger partial charge in [0.2, 0.25) is 0 Å². The van der Waals surface area contributed by atoms with Crippen LogP contribution in [0.15, 0.2) is 122 Å². The molecule has 0 heterocycles. The average Bonchev–Trinajstić information content (AvgIpc) is 3.42. The van der Waals surface area contributed by atoms with Gasteiger partial charge < -0.3 is 14.2 Å². The van der Waals surface area contributed by atoms with E-state index in [1.165, 1.54) is 109 Å². The molecule has 0 amide bonds. The van der Waals surface area contributed by atoms with Crippen LogP contribution >= 0.6 is 0 Å². The van der Waals surface area contributed by atoms with E-state index in [4.69, 9.17) is 14.2 Å². The van der Waals surface area contributed by atoms with Gasteiger partial charge in [-0.2, -0.15) is 0 Å². The molecule has 0 bridgehead atoms. The third-order valence-electron chi connectivity index (χ3n) is 13.2. The average molecular weight is 1050 g/mol. The monoisotopic (exact) mass is 1050 g/mol. The van der Waals surface area contributed by atoms with Crippen molar-refractivity contribution in [3.8, 4) is 0 Å². The lowest BCUT2D eigenvalue weighted by Crippen LogP contribution is -2.30. The number of hydrogen-bond acceptors (Lipinski definition) is 6. The molecule has 0 saturated carbocycles. The van der Waals surface area contributed by atoms with Crippen LogP contribution in [0.5, 0.6) is 0 Å². The lowest BCUT2D eigenvalue weighted by molar-refractivity contribution is -0.167. The Kier molecular flexibility index (Phi) is 59.9. The van der Waals surface area contributed by atoms with Crippen LogP contribution < -0.4 is 0 Å². The minimum Gasteiger partial charge on any atom is -0.462 e. The molecule has 0 saturated heterocycles. The lowest BCUT2D eigenvalue weighted by Gasteiger charge is -2.18. The molecule has 0 aromatic heterocycles. The maximum absolute atomic E-state index is 12.8. The first-order valence-corrected chi connectivity index (χ1v) is 31.5. The summed E-state index contributed by atoms with van der Waals surface area (Å²) in [7, 11) is 0. The van der Waals surface area contributed by atoms with Crippen LogP contribution in [0.3, 0.4) is 0 Å². The third kappa shape index (κ3) is 60.7. The first-order valence-electron chi connectivity index (χ1n) is 31.5. The van der Waals surface area contributed by atoms with Gasteiger partial charge in [0, 0.05) is 19.3 Å². The molecule has 0 aliphatic rings. The van der Waals surface area contributed by atoms with E-state index in [9.17, 15) is 14.4 Å². The van der Waals surface area contributed by atoms with Gasteiger partial charge in [0.15, 0.2) is 6.10 Å². The van der Waals surface area contributed by atoms with Gasteiger partial charge in [-0.1, -0.05) is 271 Å². The summed E-state index contributed by atoms with van der Waals surface area (Å²) in [6, 6.07) is 0. The van der Waals surface area contributed by atoms with Gasteiger partial charge in [-0.15, -0.1) is 0 Å². The molecule has 1 unspecified atom stereocenters. The van der Waals surface area contributed by atoms with E-state index in [2.05, 4.69) is 142 Å². The van der Waals surface area contributed by atoms with Gasteiger partial charge in [0.25, 0.3) is 0 Å². The predicted octanol–water partition coefficient (Wildman–Crippen LogP) is 21.6. The summed E-state index contributed by atoms with van der Waals surface area (Å²) in [6.45, 7) is 6.48. The number of ether oxygens (including phenoxy) is 3. The molecule has 6 nitrogen and oxygen atoms in total. The molecule has 0 aromatic rings. The van der Waals surface area contributed by atoms with E-state index in [-0.39, 0.29) is 31.1 Å². The van der Waals surface area contributed by atoms with E-state index in [1.54, 1.807) is 0 Å². The van der Waals surface area contributed by atoms with Crippen molar-refractivity contribution in [3.63, 3.8) is 0 Å². The first-order chi connectivity index (χ1) is 37.5. The largest absolute Gasteiger partial charge is 0.462 e. The Morgan fingerprint density at radius 3 is 0.816 bits per heavy atom. The number of esters is 3.